The molecule has 1 aromatic heterocycles. The van der Waals surface area contributed by atoms with Crippen LogP contribution in [-0.2, 0) is 0 Å². The minimum atomic E-state index is -0.171. The Balaban J connectivity index is 2.11. The van der Waals surface area contributed by atoms with Crippen molar-refractivity contribution >= 4 is 34.5 Å². The number of rotatable bonds is 2. The van der Waals surface area contributed by atoms with Crippen LogP contribution < -0.4 is 11.1 Å². The minimum absolute atomic E-state index is 0.171. The first-order valence-electron chi connectivity index (χ1n) is 5.96. The number of benzene rings is 1. The largest absolute Gasteiger partial charge is 0.321 e. The third kappa shape index (κ3) is 3.61. The molecule has 0 aliphatic rings. The SMILES string of the molecule is Cc1ccc(NC(=O)c2ccc(C#CCN)s2)cc1Cl. The van der Waals surface area contributed by atoms with E-state index in [9.17, 15) is 4.79 Å². The Labute approximate surface area is 126 Å². The molecule has 0 bridgehead atoms. The summed E-state index contributed by atoms with van der Waals surface area (Å²) in [6.07, 6.45) is 0. The van der Waals surface area contributed by atoms with Crippen molar-refractivity contribution in [2.75, 3.05) is 11.9 Å². The van der Waals surface area contributed by atoms with E-state index in [2.05, 4.69) is 17.2 Å². The molecule has 0 fully saturated rings. The van der Waals surface area contributed by atoms with Crippen LogP contribution in [0.5, 0.6) is 0 Å². The van der Waals surface area contributed by atoms with E-state index in [1.807, 2.05) is 25.1 Å². The molecule has 102 valence electrons. The van der Waals surface area contributed by atoms with Crippen molar-refractivity contribution in [2.45, 2.75) is 6.92 Å². The third-order valence-corrected chi connectivity index (χ3v) is 3.98. The second-order valence-electron chi connectivity index (χ2n) is 4.09. The van der Waals surface area contributed by atoms with Gasteiger partial charge in [0.2, 0.25) is 0 Å². The molecule has 2 aromatic rings. The van der Waals surface area contributed by atoms with Crippen LogP contribution in [0.3, 0.4) is 0 Å². The lowest BCUT2D eigenvalue weighted by Gasteiger charge is -2.05. The Morgan fingerprint density at radius 1 is 1.40 bits per heavy atom. The summed E-state index contributed by atoms with van der Waals surface area (Å²) >= 11 is 7.36. The number of halogens is 1. The molecule has 0 atom stereocenters. The van der Waals surface area contributed by atoms with E-state index in [0.717, 1.165) is 10.4 Å². The fourth-order valence-electron chi connectivity index (χ4n) is 1.53. The van der Waals surface area contributed by atoms with E-state index in [4.69, 9.17) is 17.3 Å². The van der Waals surface area contributed by atoms with Gasteiger partial charge in [0.25, 0.3) is 5.91 Å². The van der Waals surface area contributed by atoms with Crippen LogP contribution >= 0.6 is 22.9 Å². The Bertz CT molecular complexity index is 697. The van der Waals surface area contributed by atoms with Crippen LogP contribution in [0.15, 0.2) is 30.3 Å². The number of hydrogen-bond donors (Lipinski definition) is 2. The summed E-state index contributed by atoms with van der Waals surface area (Å²) < 4.78 is 0. The molecule has 0 saturated heterocycles. The van der Waals surface area contributed by atoms with E-state index >= 15 is 0 Å². The first-order valence-corrected chi connectivity index (χ1v) is 7.16. The van der Waals surface area contributed by atoms with Gasteiger partial charge in [0.1, 0.15) is 0 Å². The topological polar surface area (TPSA) is 55.1 Å². The number of thiophene rings is 1. The lowest BCUT2D eigenvalue weighted by atomic mass is 10.2. The second-order valence-corrected chi connectivity index (χ2v) is 5.58. The zero-order valence-corrected chi connectivity index (χ0v) is 12.4. The van der Waals surface area contributed by atoms with E-state index in [-0.39, 0.29) is 5.91 Å². The normalized spacial score (nSPS) is 9.75. The molecular weight excluding hydrogens is 292 g/mol. The Morgan fingerprint density at radius 2 is 2.20 bits per heavy atom. The van der Waals surface area contributed by atoms with Gasteiger partial charge in [-0.2, -0.15) is 0 Å². The summed E-state index contributed by atoms with van der Waals surface area (Å²) in [5.41, 5.74) is 6.96. The average molecular weight is 305 g/mol. The summed E-state index contributed by atoms with van der Waals surface area (Å²) in [6.45, 7) is 2.22. The van der Waals surface area contributed by atoms with Gasteiger partial charge in [0.15, 0.2) is 0 Å². The molecule has 1 aromatic carbocycles. The summed E-state index contributed by atoms with van der Waals surface area (Å²) in [5.74, 6) is 5.49. The lowest BCUT2D eigenvalue weighted by molar-refractivity contribution is 0.103. The first-order chi connectivity index (χ1) is 9.60. The van der Waals surface area contributed by atoms with Gasteiger partial charge in [-0.15, -0.1) is 11.3 Å². The predicted molar refractivity (Wildman–Crippen MR) is 84.4 cm³/mol. The number of aryl methyl sites for hydroxylation is 1. The minimum Gasteiger partial charge on any atom is -0.321 e. The smallest absolute Gasteiger partial charge is 0.265 e. The molecule has 0 aliphatic heterocycles. The van der Waals surface area contributed by atoms with Crippen LogP contribution in [-0.4, -0.2) is 12.5 Å². The quantitative estimate of drug-likeness (QED) is 0.837. The van der Waals surface area contributed by atoms with Crippen molar-refractivity contribution < 1.29 is 4.79 Å². The predicted octanol–water partition coefficient (Wildman–Crippen LogP) is 3.27. The summed E-state index contributed by atoms with van der Waals surface area (Å²) in [4.78, 5) is 13.5. The van der Waals surface area contributed by atoms with Crippen molar-refractivity contribution in [1.29, 1.82) is 0 Å². The van der Waals surface area contributed by atoms with Crippen molar-refractivity contribution in [2.24, 2.45) is 5.73 Å². The molecule has 0 aliphatic carbocycles. The molecule has 0 spiro atoms. The van der Waals surface area contributed by atoms with Gasteiger partial charge < -0.3 is 11.1 Å². The highest BCUT2D eigenvalue weighted by Gasteiger charge is 2.09. The molecule has 0 unspecified atom stereocenters. The van der Waals surface area contributed by atoms with Gasteiger partial charge in [0, 0.05) is 10.7 Å². The number of anilines is 1. The second kappa shape index (κ2) is 6.58. The summed E-state index contributed by atoms with van der Waals surface area (Å²) in [7, 11) is 0. The zero-order chi connectivity index (χ0) is 14.5. The average Bonchev–Trinajstić information content (AvgIpc) is 2.89. The maximum absolute atomic E-state index is 12.1. The number of hydrogen-bond acceptors (Lipinski definition) is 3. The lowest BCUT2D eigenvalue weighted by Crippen LogP contribution is -2.09. The van der Waals surface area contributed by atoms with Crippen molar-refractivity contribution in [1.82, 2.24) is 0 Å². The van der Waals surface area contributed by atoms with Gasteiger partial charge in [-0.25, -0.2) is 0 Å². The van der Waals surface area contributed by atoms with E-state index < -0.39 is 0 Å². The van der Waals surface area contributed by atoms with Crippen molar-refractivity contribution in [3.63, 3.8) is 0 Å². The molecule has 3 N–H and O–H groups in total. The molecule has 1 amide bonds. The van der Waals surface area contributed by atoms with E-state index in [1.165, 1.54) is 11.3 Å². The molecule has 1 heterocycles. The standard InChI is InChI=1S/C15H13ClN2OS/c1-10-4-5-11(9-13(10)16)18-15(19)14-7-6-12(20-14)3-2-8-17/h4-7,9H,8,17H2,1H3,(H,18,19). The Morgan fingerprint density at radius 3 is 2.90 bits per heavy atom. The highest BCUT2D eigenvalue weighted by Crippen LogP contribution is 2.22. The van der Waals surface area contributed by atoms with E-state index in [1.54, 1.807) is 12.1 Å². The highest BCUT2D eigenvalue weighted by molar-refractivity contribution is 7.14. The Kier molecular flexibility index (Phi) is 4.80. The number of nitrogens with two attached hydrogens (primary N) is 1. The number of carbonyl (C=O) groups is 1. The molecular formula is C15H13ClN2OS. The van der Waals surface area contributed by atoms with Crippen molar-refractivity contribution in [3.05, 3.63) is 50.7 Å². The molecule has 0 saturated carbocycles. The monoisotopic (exact) mass is 304 g/mol. The maximum atomic E-state index is 12.1. The van der Waals surface area contributed by atoms with E-state index in [0.29, 0.717) is 22.1 Å². The van der Waals surface area contributed by atoms with Gasteiger partial charge in [-0.05, 0) is 36.8 Å². The molecule has 20 heavy (non-hydrogen) atoms. The number of nitrogens with one attached hydrogen (secondary N) is 1. The van der Waals surface area contributed by atoms with Gasteiger partial charge in [-0.1, -0.05) is 29.5 Å². The van der Waals surface area contributed by atoms with Gasteiger partial charge >= 0.3 is 0 Å². The molecule has 2 rings (SSSR count). The fraction of sp³-hybridized carbons (Fsp3) is 0.133. The number of amides is 1. The Hall–Kier alpha value is -1.80. The van der Waals surface area contributed by atoms with Crippen LogP contribution in [0.2, 0.25) is 5.02 Å². The van der Waals surface area contributed by atoms with Gasteiger partial charge in [0.05, 0.1) is 16.3 Å². The summed E-state index contributed by atoms with van der Waals surface area (Å²) in [5, 5.41) is 3.44. The molecule has 0 radical (unpaired) electrons. The van der Waals surface area contributed by atoms with Crippen LogP contribution in [0.4, 0.5) is 5.69 Å². The highest BCUT2D eigenvalue weighted by atomic mass is 35.5. The fourth-order valence-corrected chi connectivity index (χ4v) is 2.49. The summed E-state index contributed by atoms with van der Waals surface area (Å²) in [6, 6.07) is 8.98. The first kappa shape index (κ1) is 14.6. The number of carbonyl (C=O) groups excluding carboxylic acids is 1. The van der Waals surface area contributed by atoms with Crippen LogP contribution in [0.1, 0.15) is 20.1 Å². The molecule has 5 heteroatoms. The van der Waals surface area contributed by atoms with Gasteiger partial charge in [-0.3, -0.25) is 4.79 Å². The zero-order valence-electron chi connectivity index (χ0n) is 10.9. The molecule has 3 nitrogen and oxygen atoms in total. The third-order valence-electron chi connectivity index (χ3n) is 2.57. The van der Waals surface area contributed by atoms with Crippen molar-refractivity contribution in [3.8, 4) is 11.8 Å². The maximum Gasteiger partial charge on any atom is 0.265 e. The van der Waals surface area contributed by atoms with Crippen LogP contribution in [0.25, 0.3) is 0 Å². The van der Waals surface area contributed by atoms with Crippen LogP contribution in [0, 0.1) is 18.8 Å².